The van der Waals surface area contributed by atoms with Gasteiger partial charge >= 0.3 is 5.97 Å². The van der Waals surface area contributed by atoms with Crippen molar-refractivity contribution in [2.75, 3.05) is 33.9 Å². The van der Waals surface area contributed by atoms with E-state index >= 15 is 0 Å². The molecular formula is C13H18BrNO5S. The van der Waals surface area contributed by atoms with Crippen LogP contribution in [0.5, 0.6) is 0 Å². The number of hydrogen-bond acceptors (Lipinski definition) is 5. The average Bonchev–Trinajstić information content (AvgIpc) is 2.47. The number of carbonyl (C=O) groups is 1. The van der Waals surface area contributed by atoms with Gasteiger partial charge in [0.25, 0.3) is 0 Å². The number of esters is 1. The molecule has 0 spiro atoms. The van der Waals surface area contributed by atoms with Crippen molar-refractivity contribution >= 4 is 31.9 Å². The van der Waals surface area contributed by atoms with E-state index in [9.17, 15) is 13.2 Å². The maximum absolute atomic E-state index is 12.6. The fourth-order valence-electron chi connectivity index (χ4n) is 1.62. The number of benzene rings is 1. The number of sulfonamides is 1. The third-order valence-electron chi connectivity index (χ3n) is 2.79. The van der Waals surface area contributed by atoms with Crippen LogP contribution in [0.15, 0.2) is 33.6 Å². The van der Waals surface area contributed by atoms with Crippen LogP contribution in [0.2, 0.25) is 0 Å². The van der Waals surface area contributed by atoms with Gasteiger partial charge in [-0.25, -0.2) is 8.42 Å². The van der Waals surface area contributed by atoms with E-state index in [1.807, 2.05) is 0 Å². The molecule has 0 unspecified atom stereocenters. The van der Waals surface area contributed by atoms with Crippen molar-refractivity contribution < 1.29 is 22.7 Å². The van der Waals surface area contributed by atoms with Crippen LogP contribution in [0.25, 0.3) is 0 Å². The first-order chi connectivity index (χ1) is 9.91. The van der Waals surface area contributed by atoms with Gasteiger partial charge in [-0.2, -0.15) is 4.31 Å². The summed E-state index contributed by atoms with van der Waals surface area (Å²) in [6, 6.07) is 6.33. The van der Waals surface area contributed by atoms with Gasteiger partial charge < -0.3 is 9.47 Å². The highest BCUT2D eigenvalue weighted by molar-refractivity contribution is 9.10. The molecule has 0 fully saturated rings. The highest BCUT2D eigenvalue weighted by atomic mass is 79.9. The molecule has 0 saturated heterocycles. The van der Waals surface area contributed by atoms with Crippen molar-refractivity contribution in [1.29, 1.82) is 0 Å². The van der Waals surface area contributed by atoms with Crippen LogP contribution in [0, 0.1) is 0 Å². The SMILES string of the molecule is COCCN(CCC(=O)OC)S(=O)(=O)c1ccc(Br)cc1. The smallest absolute Gasteiger partial charge is 0.306 e. The first-order valence-corrected chi connectivity index (χ1v) is 8.46. The van der Waals surface area contributed by atoms with Crippen LogP contribution >= 0.6 is 15.9 Å². The largest absolute Gasteiger partial charge is 0.469 e. The van der Waals surface area contributed by atoms with Crippen LogP contribution in [0.3, 0.4) is 0 Å². The van der Waals surface area contributed by atoms with Crippen molar-refractivity contribution in [2.24, 2.45) is 0 Å². The Labute approximate surface area is 133 Å². The highest BCUT2D eigenvalue weighted by Crippen LogP contribution is 2.19. The highest BCUT2D eigenvalue weighted by Gasteiger charge is 2.24. The molecule has 1 rings (SSSR count). The summed E-state index contributed by atoms with van der Waals surface area (Å²) in [5, 5.41) is 0. The molecule has 1 aromatic carbocycles. The van der Waals surface area contributed by atoms with E-state index in [0.717, 1.165) is 4.47 Å². The Bertz CT molecular complexity index is 558. The average molecular weight is 380 g/mol. The minimum Gasteiger partial charge on any atom is -0.469 e. The van der Waals surface area contributed by atoms with Crippen LogP contribution in [-0.2, 0) is 24.3 Å². The molecule has 8 heteroatoms. The standard InChI is InChI=1S/C13H18BrNO5S/c1-19-10-9-15(8-7-13(16)20-2)21(17,18)12-5-3-11(14)4-6-12/h3-6H,7-10H2,1-2H3. The maximum Gasteiger partial charge on any atom is 0.306 e. The van der Waals surface area contributed by atoms with E-state index < -0.39 is 16.0 Å². The van der Waals surface area contributed by atoms with E-state index in [1.165, 1.54) is 30.7 Å². The van der Waals surface area contributed by atoms with E-state index in [2.05, 4.69) is 20.7 Å². The Kier molecular flexibility index (Phi) is 7.30. The second-order valence-corrected chi connectivity index (χ2v) is 7.03. The van der Waals surface area contributed by atoms with Crippen LogP contribution in [0.1, 0.15) is 6.42 Å². The van der Waals surface area contributed by atoms with Gasteiger partial charge in [0.15, 0.2) is 0 Å². The van der Waals surface area contributed by atoms with Gasteiger partial charge in [-0.1, -0.05) is 15.9 Å². The minimum absolute atomic E-state index is 0.00400. The second-order valence-electron chi connectivity index (χ2n) is 4.18. The summed E-state index contributed by atoms with van der Waals surface area (Å²) in [4.78, 5) is 11.4. The van der Waals surface area contributed by atoms with Gasteiger partial charge in [0.1, 0.15) is 0 Å². The van der Waals surface area contributed by atoms with E-state index in [-0.39, 0.29) is 31.0 Å². The van der Waals surface area contributed by atoms with Crippen LogP contribution in [-0.4, -0.2) is 52.6 Å². The number of ether oxygens (including phenoxy) is 2. The van der Waals surface area contributed by atoms with Gasteiger partial charge in [0.05, 0.1) is 25.0 Å². The molecule has 0 atom stereocenters. The van der Waals surface area contributed by atoms with E-state index in [0.29, 0.717) is 0 Å². The number of methoxy groups -OCH3 is 2. The molecule has 21 heavy (non-hydrogen) atoms. The summed E-state index contributed by atoms with van der Waals surface area (Å²) in [7, 11) is -0.910. The number of halogens is 1. The van der Waals surface area contributed by atoms with Crippen LogP contribution in [0.4, 0.5) is 0 Å². The molecule has 6 nitrogen and oxygen atoms in total. The Morgan fingerprint density at radius 1 is 1.19 bits per heavy atom. The molecule has 0 bridgehead atoms. The topological polar surface area (TPSA) is 72.9 Å². The lowest BCUT2D eigenvalue weighted by Gasteiger charge is -2.21. The molecule has 0 aliphatic heterocycles. The number of nitrogens with zero attached hydrogens (tertiary/aromatic N) is 1. The molecular weight excluding hydrogens is 362 g/mol. The van der Waals surface area contributed by atoms with Gasteiger partial charge in [-0.3, -0.25) is 4.79 Å². The van der Waals surface area contributed by atoms with Gasteiger partial charge in [0.2, 0.25) is 10.0 Å². The van der Waals surface area contributed by atoms with Crippen molar-refractivity contribution in [3.63, 3.8) is 0 Å². The Morgan fingerprint density at radius 3 is 2.33 bits per heavy atom. The van der Waals surface area contributed by atoms with Gasteiger partial charge in [-0.15, -0.1) is 0 Å². The lowest BCUT2D eigenvalue weighted by atomic mass is 10.4. The third kappa shape index (κ3) is 5.39. The minimum atomic E-state index is -3.67. The normalized spacial score (nSPS) is 11.6. The molecule has 1 aromatic rings. The lowest BCUT2D eigenvalue weighted by Crippen LogP contribution is -2.35. The molecule has 0 aromatic heterocycles. The molecule has 0 aliphatic rings. The third-order valence-corrected chi connectivity index (χ3v) is 5.23. The van der Waals surface area contributed by atoms with Gasteiger partial charge in [0, 0.05) is 24.7 Å². The maximum atomic E-state index is 12.6. The Hall–Kier alpha value is -0.960. The van der Waals surface area contributed by atoms with Crippen molar-refractivity contribution in [3.8, 4) is 0 Å². The first kappa shape index (κ1) is 18.1. The molecule has 0 N–H and O–H groups in total. The summed E-state index contributed by atoms with van der Waals surface area (Å²) in [5.74, 6) is -0.455. The summed E-state index contributed by atoms with van der Waals surface area (Å²) >= 11 is 3.26. The molecule has 0 aliphatic carbocycles. The van der Waals surface area contributed by atoms with Gasteiger partial charge in [-0.05, 0) is 24.3 Å². The van der Waals surface area contributed by atoms with E-state index in [4.69, 9.17) is 4.74 Å². The van der Waals surface area contributed by atoms with Crippen molar-refractivity contribution in [3.05, 3.63) is 28.7 Å². The predicted molar refractivity (Wildman–Crippen MR) is 81.4 cm³/mol. The van der Waals surface area contributed by atoms with Crippen LogP contribution < -0.4 is 0 Å². The van der Waals surface area contributed by atoms with E-state index in [1.54, 1.807) is 12.1 Å². The monoisotopic (exact) mass is 379 g/mol. The fraction of sp³-hybridized carbons (Fsp3) is 0.462. The Balaban J connectivity index is 2.93. The summed E-state index contributed by atoms with van der Waals surface area (Å²) in [6.07, 6.45) is -0.00400. The number of hydrogen-bond donors (Lipinski definition) is 0. The summed E-state index contributed by atoms with van der Waals surface area (Å²) < 4.78 is 36.6. The lowest BCUT2D eigenvalue weighted by molar-refractivity contribution is -0.140. The zero-order valence-corrected chi connectivity index (χ0v) is 14.3. The quantitative estimate of drug-likeness (QED) is 0.642. The van der Waals surface area contributed by atoms with Crippen molar-refractivity contribution in [2.45, 2.75) is 11.3 Å². The summed E-state index contributed by atoms with van der Waals surface area (Å²) in [5.41, 5.74) is 0. The molecule has 0 radical (unpaired) electrons. The molecule has 0 amide bonds. The Morgan fingerprint density at radius 2 is 1.81 bits per heavy atom. The molecule has 0 saturated carbocycles. The second kappa shape index (κ2) is 8.47. The number of rotatable bonds is 8. The predicted octanol–water partition coefficient (Wildman–Crippen LogP) is 1.65. The zero-order valence-electron chi connectivity index (χ0n) is 11.9. The summed E-state index contributed by atoms with van der Waals surface area (Å²) in [6.45, 7) is 0.469. The fourth-order valence-corrected chi connectivity index (χ4v) is 3.31. The first-order valence-electron chi connectivity index (χ1n) is 6.23. The van der Waals surface area contributed by atoms with Crippen molar-refractivity contribution in [1.82, 2.24) is 4.31 Å². The number of carbonyl (C=O) groups excluding carboxylic acids is 1. The molecule has 0 heterocycles. The zero-order chi connectivity index (χ0) is 15.9. The molecule has 118 valence electrons.